The molecule has 0 heterocycles. The minimum absolute atomic E-state index is 0.135. The minimum Gasteiger partial charge on any atom is -0.481 e. The number of rotatable bonds is 8. The molecule has 20 heavy (non-hydrogen) atoms. The molecule has 0 saturated heterocycles. The summed E-state index contributed by atoms with van der Waals surface area (Å²) in [5.41, 5.74) is 0. The van der Waals surface area contributed by atoms with Gasteiger partial charge in [0.15, 0.2) is 0 Å². The van der Waals surface area contributed by atoms with Gasteiger partial charge in [0.2, 0.25) is 5.91 Å². The molecule has 0 aromatic heterocycles. The van der Waals surface area contributed by atoms with Crippen LogP contribution in [0.25, 0.3) is 0 Å². The molecule has 1 aromatic carbocycles. The topological polar surface area (TPSA) is 66.4 Å². The molecule has 0 radical (unpaired) electrons. The third-order valence-electron chi connectivity index (χ3n) is 2.81. The summed E-state index contributed by atoms with van der Waals surface area (Å²) in [6.45, 7) is 1.97. The van der Waals surface area contributed by atoms with E-state index in [2.05, 4.69) is 5.32 Å². The maximum atomic E-state index is 11.6. The quantitative estimate of drug-likeness (QED) is 0.724. The molecular weight excluding hydrogens is 298 g/mol. The highest BCUT2D eigenvalue weighted by Gasteiger charge is 2.15. The van der Waals surface area contributed by atoms with Crippen LogP contribution in [0.3, 0.4) is 0 Å². The first-order valence-corrected chi connectivity index (χ1v) is 7.77. The normalized spacial score (nSPS) is 11.9. The van der Waals surface area contributed by atoms with Crippen molar-refractivity contribution in [1.29, 1.82) is 0 Å². The van der Waals surface area contributed by atoms with Crippen LogP contribution in [0.15, 0.2) is 29.2 Å². The van der Waals surface area contributed by atoms with E-state index < -0.39 is 11.9 Å². The van der Waals surface area contributed by atoms with Gasteiger partial charge in [0.1, 0.15) is 0 Å². The van der Waals surface area contributed by atoms with Crippen LogP contribution >= 0.6 is 23.4 Å². The van der Waals surface area contributed by atoms with E-state index in [-0.39, 0.29) is 12.5 Å². The molecule has 1 rings (SSSR count). The van der Waals surface area contributed by atoms with Gasteiger partial charge in [0, 0.05) is 23.6 Å². The first-order chi connectivity index (χ1) is 9.54. The number of carboxylic acid groups (broad SMARTS) is 1. The lowest BCUT2D eigenvalue weighted by molar-refractivity contribution is -0.141. The SMILES string of the molecule is CCC(CNC(=O)CCSc1ccccc1Cl)C(=O)O. The number of hydrogen-bond acceptors (Lipinski definition) is 3. The van der Waals surface area contributed by atoms with E-state index in [9.17, 15) is 9.59 Å². The second kappa shape index (κ2) is 8.87. The summed E-state index contributed by atoms with van der Waals surface area (Å²) in [4.78, 5) is 23.4. The summed E-state index contributed by atoms with van der Waals surface area (Å²) in [6.07, 6.45) is 0.843. The van der Waals surface area contributed by atoms with Gasteiger partial charge >= 0.3 is 5.97 Å². The van der Waals surface area contributed by atoms with Crippen molar-refractivity contribution in [3.8, 4) is 0 Å². The molecule has 0 spiro atoms. The average molecular weight is 316 g/mol. The van der Waals surface area contributed by atoms with Crippen molar-refractivity contribution in [1.82, 2.24) is 5.32 Å². The molecule has 1 amide bonds. The molecule has 0 bridgehead atoms. The maximum Gasteiger partial charge on any atom is 0.308 e. The summed E-state index contributed by atoms with van der Waals surface area (Å²) in [6, 6.07) is 7.47. The van der Waals surface area contributed by atoms with Crippen molar-refractivity contribution in [2.75, 3.05) is 12.3 Å². The summed E-state index contributed by atoms with van der Waals surface area (Å²) < 4.78 is 0. The van der Waals surface area contributed by atoms with Crippen LogP contribution in [0.1, 0.15) is 19.8 Å². The van der Waals surface area contributed by atoms with Crippen LogP contribution in [0.5, 0.6) is 0 Å². The third-order valence-corrected chi connectivity index (χ3v) is 4.33. The van der Waals surface area contributed by atoms with Gasteiger partial charge in [-0.2, -0.15) is 0 Å². The first kappa shape index (κ1) is 16.9. The fourth-order valence-electron chi connectivity index (χ4n) is 1.55. The second-order valence-electron chi connectivity index (χ2n) is 4.28. The number of amides is 1. The van der Waals surface area contributed by atoms with Gasteiger partial charge < -0.3 is 10.4 Å². The van der Waals surface area contributed by atoms with Gasteiger partial charge in [-0.3, -0.25) is 9.59 Å². The number of thioether (sulfide) groups is 1. The predicted octanol–water partition coefficient (Wildman–Crippen LogP) is 3.05. The fourth-order valence-corrected chi connectivity index (χ4v) is 2.73. The Morgan fingerprint density at radius 1 is 1.40 bits per heavy atom. The molecule has 0 saturated carbocycles. The number of carbonyl (C=O) groups excluding carboxylic acids is 1. The zero-order chi connectivity index (χ0) is 15.0. The lowest BCUT2D eigenvalue weighted by Crippen LogP contribution is -2.32. The van der Waals surface area contributed by atoms with Crippen LogP contribution in [-0.4, -0.2) is 29.3 Å². The molecule has 4 nitrogen and oxygen atoms in total. The smallest absolute Gasteiger partial charge is 0.308 e. The molecule has 0 aliphatic heterocycles. The van der Waals surface area contributed by atoms with Gasteiger partial charge in [-0.05, 0) is 18.6 Å². The number of halogens is 1. The van der Waals surface area contributed by atoms with Crippen LogP contribution < -0.4 is 5.32 Å². The predicted molar refractivity (Wildman–Crippen MR) is 81.2 cm³/mol. The minimum atomic E-state index is -0.877. The Morgan fingerprint density at radius 3 is 2.70 bits per heavy atom. The van der Waals surface area contributed by atoms with Crippen LogP contribution in [0, 0.1) is 5.92 Å². The lowest BCUT2D eigenvalue weighted by Gasteiger charge is -2.11. The molecule has 2 N–H and O–H groups in total. The van der Waals surface area contributed by atoms with Crippen molar-refractivity contribution in [3.63, 3.8) is 0 Å². The third kappa shape index (κ3) is 5.84. The van der Waals surface area contributed by atoms with Gasteiger partial charge in [-0.25, -0.2) is 0 Å². The first-order valence-electron chi connectivity index (χ1n) is 6.41. The Hall–Kier alpha value is -1.20. The zero-order valence-corrected chi connectivity index (χ0v) is 12.8. The molecule has 1 unspecified atom stereocenters. The van der Waals surface area contributed by atoms with Crippen molar-refractivity contribution in [3.05, 3.63) is 29.3 Å². The number of hydrogen-bond donors (Lipinski definition) is 2. The Kier molecular flexibility index (Phi) is 7.47. The summed E-state index contributed by atoms with van der Waals surface area (Å²) in [5.74, 6) is -0.919. The highest BCUT2D eigenvalue weighted by molar-refractivity contribution is 7.99. The lowest BCUT2D eigenvalue weighted by atomic mass is 10.1. The molecular formula is C14H18ClNO3S. The van der Waals surface area contributed by atoms with Crippen LogP contribution in [0.4, 0.5) is 0 Å². The van der Waals surface area contributed by atoms with Gasteiger partial charge in [-0.15, -0.1) is 11.8 Å². The molecule has 110 valence electrons. The Labute approximate surface area is 127 Å². The van der Waals surface area contributed by atoms with Crippen molar-refractivity contribution >= 4 is 35.2 Å². The van der Waals surface area contributed by atoms with E-state index in [1.807, 2.05) is 24.3 Å². The van der Waals surface area contributed by atoms with E-state index in [4.69, 9.17) is 16.7 Å². The largest absolute Gasteiger partial charge is 0.481 e. The molecule has 0 fully saturated rings. The van der Waals surface area contributed by atoms with E-state index in [0.29, 0.717) is 23.6 Å². The van der Waals surface area contributed by atoms with Gasteiger partial charge in [-0.1, -0.05) is 30.7 Å². The van der Waals surface area contributed by atoms with Crippen LogP contribution in [-0.2, 0) is 9.59 Å². The molecule has 1 atom stereocenters. The number of aliphatic carboxylic acids is 1. The second-order valence-corrected chi connectivity index (χ2v) is 5.82. The Balaban J connectivity index is 2.27. The number of benzene rings is 1. The maximum absolute atomic E-state index is 11.6. The van der Waals surface area contributed by atoms with Crippen molar-refractivity contribution < 1.29 is 14.7 Å². The Bertz CT molecular complexity index is 467. The molecule has 0 aliphatic carbocycles. The van der Waals surface area contributed by atoms with E-state index >= 15 is 0 Å². The van der Waals surface area contributed by atoms with E-state index in [1.165, 1.54) is 11.8 Å². The zero-order valence-electron chi connectivity index (χ0n) is 11.3. The van der Waals surface area contributed by atoms with Gasteiger partial charge in [0.25, 0.3) is 0 Å². The van der Waals surface area contributed by atoms with Crippen molar-refractivity contribution in [2.45, 2.75) is 24.7 Å². The van der Waals surface area contributed by atoms with Crippen molar-refractivity contribution in [2.24, 2.45) is 5.92 Å². The van der Waals surface area contributed by atoms with E-state index in [1.54, 1.807) is 6.92 Å². The highest BCUT2D eigenvalue weighted by atomic mass is 35.5. The summed E-state index contributed by atoms with van der Waals surface area (Å²) in [5, 5.41) is 12.2. The molecule has 6 heteroatoms. The Morgan fingerprint density at radius 2 is 2.10 bits per heavy atom. The molecule has 1 aromatic rings. The summed E-state index contributed by atoms with van der Waals surface area (Å²) in [7, 11) is 0. The number of carboxylic acids is 1. The number of nitrogens with one attached hydrogen (secondary N) is 1. The van der Waals surface area contributed by atoms with Gasteiger partial charge in [0.05, 0.1) is 10.9 Å². The average Bonchev–Trinajstić information content (AvgIpc) is 2.41. The highest BCUT2D eigenvalue weighted by Crippen LogP contribution is 2.26. The monoisotopic (exact) mass is 315 g/mol. The van der Waals surface area contributed by atoms with Crippen LogP contribution in [0.2, 0.25) is 5.02 Å². The fraction of sp³-hybridized carbons (Fsp3) is 0.429. The number of carbonyl (C=O) groups is 2. The van der Waals surface area contributed by atoms with E-state index in [0.717, 1.165) is 4.90 Å². The molecule has 0 aliphatic rings. The standard InChI is InChI=1S/C14H18ClNO3S/c1-2-10(14(18)19)9-16-13(17)7-8-20-12-6-4-3-5-11(12)15/h3-6,10H,2,7-9H2,1H3,(H,16,17)(H,18,19). The summed E-state index contributed by atoms with van der Waals surface area (Å²) >= 11 is 7.52.